The van der Waals surface area contributed by atoms with Crippen LogP contribution < -0.4 is 0 Å². The zero-order valence-electron chi connectivity index (χ0n) is 4.82. The molecule has 0 aliphatic rings. The van der Waals surface area contributed by atoms with Crippen molar-refractivity contribution < 1.29 is 0 Å². The summed E-state index contributed by atoms with van der Waals surface area (Å²) in [6.45, 7) is 0. The molecule has 0 saturated heterocycles. The summed E-state index contributed by atoms with van der Waals surface area (Å²) in [4.78, 5) is 0. The first-order valence-electron chi connectivity index (χ1n) is 2.49. The zero-order valence-corrected chi connectivity index (χ0v) is 9.25. The van der Waals surface area contributed by atoms with Crippen LogP contribution in [0, 0.1) is 3.57 Å². The van der Waals surface area contributed by atoms with Crippen molar-refractivity contribution in [3.8, 4) is 0 Å². The quantitative estimate of drug-likeness (QED) is 0.678. The van der Waals surface area contributed by atoms with Gasteiger partial charge in [-0.2, -0.15) is 0 Å². The van der Waals surface area contributed by atoms with Crippen LogP contribution >= 0.6 is 47.0 Å². The van der Waals surface area contributed by atoms with Crippen molar-refractivity contribution >= 4 is 47.0 Å². The van der Waals surface area contributed by atoms with E-state index in [9.17, 15) is 0 Å². The maximum absolute atomic E-state index is 5.79. The summed E-state index contributed by atoms with van der Waals surface area (Å²) in [5, 5.41) is 0.678. The number of benzene rings is 1. The van der Waals surface area contributed by atoms with Gasteiger partial charge in [-0.05, 0) is 0 Å². The van der Waals surface area contributed by atoms with Crippen LogP contribution in [0.15, 0.2) is 24.3 Å². The molecule has 0 saturated carbocycles. The van der Waals surface area contributed by atoms with E-state index in [1.807, 2.05) is 18.2 Å². The van der Waals surface area contributed by atoms with E-state index < -0.39 is 17.6 Å². The third kappa shape index (κ3) is 2.16. The second-order valence-electron chi connectivity index (χ2n) is 1.61. The average Bonchev–Trinajstić information content (AvgIpc) is 1.88. The summed E-state index contributed by atoms with van der Waals surface area (Å²) >= 11 is 3.88. The molecule has 0 amide bonds. The standard InChI is InChI=1S/C6H4Cl3I/c7-5-3-1-2-4-6(5)10(8)9/h1-4H. The second-order valence-corrected chi connectivity index (χ2v) is 9.12. The van der Waals surface area contributed by atoms with Gasteiger partial charge >= 0.3 is 79.8 Å². The first kappa shape index (κ1) is 8.91. The summed E-state index contributed by atoms with van der Waals surface area (Å²) in [7, 11) is 11.5. The number of hydrogen-bond donors (Lipinski definition) is 0. The molecule has 0 atom stereocenters. The van der Waals surface area contributed by atoms with E-state index in [2.05, 4.69) is 0 Å². The molecule has 1 aromatic carbocycles. The van der Waals surface area contributed by atoms with Crippen LogP contribution in [0.4, 0.5) is 0 Å². The van der Waals surface area contributed by atoms with E-state index in [1.165, 1.54) is 0 Å². The third-order valence-corrected chi connectivity index (χ3v) is 5.51. The van der Waals surface area contributed by atoms with Gasteiger partial charge in [0.15, 0.2) is 0 Å². The Morgan fingerprint density at radius 2 is 1.70 bits per heavy atom. The molecule has 0 aromatic heterocycles. The normalized spacial score (nSPS) is 11.3. The van der Waals surface area contributed by atoms with E-state index >= 15 is 0 Å². The fraction of sp³-hybridized carbons (Fsp3) is 0. The van der Waals surface area contributed by atoms with Gasteiger partial charge in [-0.25, -0.2) is 0 Å². The minimum absolute atomic E-state index is 0.678. The third-order valence-electron chi connectivity index (χ3n) is 0.978. The van der Waals surface area contributed by atoms with Crippen LogP contribution in [0.25, 0.3) is 0 Å². The summed E-state index contributed by atoms with van der Waals surface area (Å²) in [5.41, 5.74) is 0. The van der Waals surface area contributed by atoms with Crippen LogP contribution in [0.1, 0.15) is 0 Å². The van der Waals surface area contributed by atoms with E-state index in [1.54, 1.807) is 6.07 Å². The van der Waals surface area contributed by atoms with Crippen molar-refractivity contribution in [2.75, 3.05) is 0 Å². The molecular weight excluding hydrogens is 305 g/mol. The topological polar surface area (TPSA) is 0 Å². The molecule has 0 N–H and O–H groups in total. The van der Waals surface area contributed by atoms with Crippen molar-refractivity contribution in [2.24, 2.45) is 0 Å². The molecule has 10 heavy (non-hydrogen) atoms. The van der Waals surface area contributed by atoms with Gasteiger partial charge in [0.2, 0.25) is 0 Å². The van der Waals surface area contributed by atoms with Crippen LogP contribution in [0.5, 0.6) is 0 Å². The molecular formula is C6H4Cl3I. The molecule has 0 aliphatic heterocycles. The van der Waals surface area contributed by atoms with Gasteiger partial charge in [0, 0.05) is 0 Å². The van der Waals surface area contributed by atoms with E-state index in [0.717, 1.165) is 3.57 Å². The predicted molar refractivity (Wildman–Crippen MR) is 55.9 cm³/mol. The molecule has 4 heteroatoms. The fourth-order valence-corrected chi connectivity index (χ4v) is 4.38. The SMILES string of the molecule is Clc1ccccc1I(Cl)Cl. The Kier molecular flexibility index (Phi) is 3.56. The van der Waals surface area contributed by atoms with Crippen LogP contribution in [0.3, 0.4) is 0 Å². The zero-order chi connectivity index (χ0) is 7.56. The summed E-state index contributed by atoms with van der Waals surface area (Å²) in [6.07, 6.45) is 0. The van der Waals surface area contributed by atoms with Crippen molar-refractivity contribution in [2.45, 2.75) is 0 Å². The Labute approximate surface area is 79.3 Å². The molecule has 0 spiro atoms. The molecule has 0 heterocycles. The second kappa shape index (κ2) is 4.00. The van der Waals surface area contributed by atoms with Crippen molar-refractivity contribution in [3.05, 3.63) is 32.9 Å². The number of rotatable bonds is 1. The van der Waals surface area contributed by atoms with E-state index in [0.29, 0.717) is 5.02 Å². The first-order chi connectivity index (χ1) is 4.72. The molecule has 0 radical (unpaired) electrons. The summed E-state index contributed by atoms with van der Waals surface area (Å²) in [5.74, 6) is 0. The molecule has 1 aromatic rings. The summed E-state index contributed by atoms with van der Waals surface area (Å²) in [6, 6.07) is 7.41. The molecule has 0 bridgehead atoms. The van der Waals surface area contributed by atoms with Crippen molar-refractivity contribution in [1.82, 2.24) is 0 Å². The van der Waals surface area contributed by atoms with Crippen molar-refractivity contribution in [3.63, 3.8) is 0 Å². The molecule has 0 aliphatic carbocycles. The van der Waals surface area contributed by atoms with E-state index in [4.69, 9.17) is 29.4 Å². The maximum atomic E-state index is 5.79. The van der Waals surface area contributed by atoms with Gasteiger partial charge in [-0.1, -0.05) is 0 Å². The average molecular weight is 309 g/mol. The molecule has 0 fully saturated rings. The Balaban J connectivity index is 3.03. The molecule has 0 nitrogen and oxygen atoms in total. The fourth-order valence-electron chi connectivity index (χ4n) is 0.555. The molecule has 0 unspecified atom stereocenters. The van der Waals surface area contributed by atoms with Gasteiger partial charge in [-0.15, -0.1) is 0 Å². The number of halogens is 4. The van der Waals surface area contributed by atoms with Crippen LogP contribution in [0.2, 0.25) is 5.02 Å². The Hall–Kier alpha value is 0.820. The Morgan fingerprint density at radius 1 is 1.10 bits per heavy atom. The van der Waals surface area contributed by atoms with Crippen LogP contribution in [-0.2, 0) is 0 Å². The molecule has 1 rings (SSSR count). The molecule has 56 valence electrons. The Bertz CT molecular complexity index is 224. The van der Waals surface area contributed by atoms with Crippen molar-refractivity contribution in [1.29, 1.82) is 0 Å². The minimum atomic E-state index is -1.91. The Morgan fingerprint density at radius 3 is 2.10 bits per heavy atom. The van der Waals surface area contributed by atoms with Crippen LogP contribution in [-0.4, -0.2) is 0 Å². The van der Waals surface area contributed by atoms with Gasteiger partial charge in [-0.3, -0.25) is 0 Å². The van der Waals surface area contributed by atoms with Gasteiger partial charge in [0.1, 0.15) is 0 Å². The van der Waals surface area contributed by atoms with E-state index in [-0.39, 0.29) is 0 Å². The predicted octanol–water partition coefficient (Wildman–Crippen LogP) is 4.32. The summed E-state index contributed by atoms with van der Waals surface area (Å²) < 4.78 is 0.914. The van der Waals surface area contributed by atoms with Gasteiger partial charge < -0.3 is 0 Å². The first-order valence-corrected chi connectivity index (χ1v) is 9.41. The van der Waals surface area contributed by atoms with Gasteiger partial charge in [0.05, 0.1) is 0 Å². The number of hydrogen-bond acceptors (Lipinski definition) is 0. The monoisotopic (exact) mass is 308 g/mol. The van der Waals surface area contributed by atoms with Gasteiger partial charge in [0.25, 0.3) is 0 Å².